The molecule has 0 saturated heterocycles. The van der Waals surface area contributed by atoms with Crippen molar-refractivity contribution in [2.24, 2.45) is 0 Å². The lowest BCUT2D eigenvalue weighted by Crippen LogP contribution is -2.44. The summed E-state index contributed by atoms with van der Waals surface area (Å²) in [7, 11) is -13.3. The fraction of sp³-hybridized carbons (Fsp3) is 1.00. The summed E-state index contributed by atoms with van der Waals surface area (Å²) in [6.07, 6.45) is -0.314. The minimum absolute atomic E-state index is 0.314. The third kappa shape index (κ3) is 9.22. The van der Waals surface area contributed by atoms with Crippen LogP contribution >= 0.6 is 0 Å². The predicted octanol–water partition coefficient (Wildman–Crippen LogP) is -1.68. The molecule has 2 N–H and O–H groups in total. The highest BCUT2D eigenvalue weighted by atomic mass is 32.3. The smallest absolute Gasteiger partial charge is 0.269 e. The molecular formula is C5H12O11S3. The van der Waals surface area contributed by atoms with Gasteiger partial charge in [0.05, 0.1) is 6.61 Å². The monoisotopic (exact) mass is 344 g/mol. The van der Waals surface area contributed by atoms with Gasteiger partial charge < -0.3 is 0 Å². The molecule has 1 atom stereocenters. The van der Waals surface area contributed by atoms with Crippen LogP contribution < -0.4 is 0 Å². The topological polar surface area (TPSA) is 171 Å². The zero-order valence-corrected chi connectivity index (χ0v) is 12.0. The second-order valence-electron chi connectivity index (χ2n) is 3.23. The van der Waals surface area contributed by atoms with Gasteiger partial charge in [0.25, 0.3) is 11.0 Å². The molecule has 0 amide bonds. The van der Waals surface area contributed by atoms with Crippen LogP contribution in [0.3, 0.4) is 0 Å². The Morgan fingerprint density at radius 1 is 1.05 bits per heavy atom. The van der Waals surface area contributed by atoms with E-state index in [2.05, 4.69) is 12.5 Å². The molecule has 0 rings (SSSR count). The van der Waals surface area contributed by atoms with Gasteiger partial charge in [-0.2, -0.15) is 16.8 Å². The molecule has 0 aliphatic carbocycles. The van der Waals surface area contributed by atoms with Crippen molar-refractivity contribution in [3.05, 3.63) is 0 Å². The molecule has 0 aromatic heterocycles. The van der Waals surface area contributed by atoms with Gasteiger partial charge in [-0.05, 0) is 6.42 Å². The van der Waals surface area contributed by atoms with Gasteiger partial charge in [-0.1, -0.05) is 6.92 Å². The first-order valence-corrected chi connectivity index (χ1v) is 8.29. The number of hydrogen-bond donors (Lipinski definition) is 3. The summed E-state index contributed by atoms with van der Waals surface area (Å²) in [6.45, 7) is -0.761. The summed E-state index contributed by atoms with van der Waals surface area (Å²) in [6, 6.07) is 0. The van der Waals surface area contributed by atoms with Crippen molar-refractivity contribution in [2.45, 2.75) is 18.9 Å². The van der Waals surface area contributed by atoms with Gasteiger partial charge >= 0.3 is 20.8 Å². The Morgan fingerprint density at radius 2 is 1.58 bits per heavy atom. The lowest BCUT2D eigenvalue weighted by Gasteiger charge is -2.28. The first-order chi connectivity index (χ1) is 8.39. The minimum Gasteiger partial charge on any atom is -0.269 e. The molecule has 0 saturated carbocycles. The normalized spacial score (nSPS) is 16.4. The van der Waals surface area contributed by atoms with Crippen LogP contribution in [0.15, 0.2) is 0 Å². The zero-order valence-electron chi connectivity index (χ0n) is 9.45. The van der Waals surface area contributed by atoms with Crippen molar-refractivity contribution in [3.63, 3.8) is 0 Å². The molecule has 0 fully saturated rings. The van der Waals surface area contributed by atoms with E-state index in [-0.39, 0.29) is 6.42 Å². The summed E-state index contributed by atoms with van der Waals surface area (Å²) in [4.78, 5) is 0. The van der Waals surface area contributed by atoms with Crippen molar-refractivity contribution >= 4 is 31.8 Å². The van der Waals surface area contributed by atoms with E-state index in [1.807, 2.05) is 0 Å². The molecule has 0 bridgehead atoms. The van der Waals surface area contributed by atoms with E-state index in [4.69, 9.17) is 9.11 Å². The summed E-state index contributed by atoms with van der Waals surface area (Å²) >= 11 is 0. The van der Waals surface area contributed by atoms with Crippen LogP contribution in [-0.4, -0.2) is 53.2 Å². The van der Waals surface area contributed by atoms with E-state index in [9.17, 15) is 25.3 Å². The summed E-state index contributed by atoms with van der Waals surface area (Å²) < 4.78 is 91.7. The molecule has 0 aromatic carbocycles. The van der Waals surface area contributed by atoms with Crippen LogP contribution in [0.25, 0.3) is 0 Å². The second-order valence-corrected chi connectivity index (χ2v) is 6.05. The maximum atomic E-state index is 10.6. The SMILES string of the molecule is CCC(CO[SH](=O)=O)(COS(=O)(=O)O)OS(=O)(=O)O. The molecule has 0 aromatic rings. The zero-order chi connectivity index (χ0) is 15.3. The largest absolute Gasteiger partial charge is 0.398 e. The fourth-order valence-electron chi connectivity index (χ4n) is 0.928. The summed E-state index contributed by atoms with van der Waals surface area (Å²) in [5.41, 5.74) is -2.14. The molecule has 116 valence electrons. The number of rotatable bonds is 9. The lowest BCUT2D eigenvalue weighted by molar-refractivity contribution is -0.0217. The molecule has 1 unspecified atom stereocenters. The standard InChI is InChI=1S/C5H12O11S3/c1-2-5(3-14-17(6)7,16-19(11,12)13)4-15-18(8,9)10/h17H,2-4H2,1H3,(H,8,9,10)(H,11,12,13). The second kappa shape index (κ2) is 6.89. The summed E-state index contributed by atoms with van der Waals surface area (Å²) in [5.74, 6) is 0. The van der Waals surface area contributed by atoms with Gasteiger partial charge in [0.15, 0.2) is 0 Å². The quantitative estimate of drug-likeness (QED) is 0.322. The Bertz CT molecular complexity index is 549. The first-order valence-electron chi connectivity index (χ1n) is 4.46. The molecular weight excluding hydrogens is 332 g/mol. The van der Waals surface area contributed by atoms with Crippen molar-refractivity contribution < 1.29 is 46.9 Å². The lowest BCUT2D eigenvalue weighted by atomic mass is 10.0. The average molecular weight is 344 g/mol. The molecule has 0 aliphatic heterocycles. The van der Waals surface area contributed by atoms with Crippen LogP contribution in [0, 0.1) is 0 Å². The third-order valence-corrected chi connectivity index (χ3v) is 3.15. The Balaban J connectivity index is 5.15. The molecule has 11 nitrogen and oxygen atoms in total. The highest BCUT2D eigenvalue weighted by Crippen LogP contribution is 2.21. The number of thiol groups is 1. The molecule has 19 heavy (non-hydrogen) atoms. The van der Waals surface area contributed by atoms with E-state index < -0.39 is 50.6 Å². The Hall–Kier alpha value is -0.350. The average Bonchev–Trinajstić information content (AvgIpc) is 2.19. The molecule has 14 heteroatoms. The van der Waals surface area contributed by atoms with Gasteiger partial charge in [0.2, 0.25) is 0 Å². The number of hydrogen-bond acceptors (Lipinski definition) is 9. The van der Waals surface area contributed by atoms with E-state index in [1.54, 1.807) is 0 Å². The first kappa shape index (κ1) is 18.7. The highest BCUT2D eigenvalue weighted by molar-refractivity contribution is 7.81. The predicted molar refractivity (Wildman–Crippen MR) is 59.4 cm³/mol. The van der Waals surface area contributed by atoms with Gasteiger partial charge in [0, 0.05) is 0 Å². The van der Waals surface area contributed by atoms with Crippen molar-refractivity contribution in [1.29, 1.82) is 0 Å². The molecule has 0 aliphatic rings. The van der Waals surface area contributed by atoms with Gasteiger partial charge in [-0.3, -0.25) is 13.3 Å². The maximum absolute atomic E-state index is 10.6. The van der Waals surface area contributed by atoms with Crippen molar-refractivity contribution in [3.8, 4) is 0 Å². The van der Waals surface area contributed by atoms with Gasteiger partial charge in [-0.25, -0.2) is 16.8 Å². The van der Waals surface area contributed by atoms with Crippen LogP contribution in [0.1, 0.15) is 13.3 Å². The van der Waals surface area contributed by atoms with Crippen LogP contribution in [-0.2, 0) is 44.3 Å². The van der Waals surface area contributed by atoms with Crippen LogP contribution in [0.4, 0.5) is 0 Å². The van der Waals surface area contributed by atoms with E-state index in [1.165, 1.54) is 6.92 Å². The minimum atomic E-state index is -5.04. The van der Waals surface area contributed by atoms with Gasteiger partial charge in [-0.15, -0.1) is 0 Å². The fourth-order valence-corrected chi connectivity index (χ4v) is 2.29. The van der Waals surface area contributed by atoms with Crippen molar-refractivity contribution in [1.82, 2.24) is 0 Å². The molecule has 0 spiro atoms. The van der Waals surface area contributed by atoms with Crippen LogP contribution in [0.5, 0.6) is 0 Å². The van der Waals surface area contributed by atoms with E-state index >= 15 is 0 Å². The van der Waals surface area contributed by atoms with Gasteiger partial charge in [0.1, 0.15) is 12.2 Å². The Kier molecular flexibility index (Phi) is 6.76. The Morgan fingerprint density at radius 3 is 1.89 bits per heavy atom. The maximum Gasteiger partial charge on any atom is 0.398 e. The van der Waals surface area contributed by atoms with Crippen molar-refractivity contribution in [2.75, 3.05) is 13.2 Å². The molecule has 0 radical (unpaired) electrons. The summed E-state index contributed by atoms with van der Waals surface area (Å²) in [5, 5.41) is 0. The van der Waals surface area contributed by atoms with E-state index in [0.717, 1.165) is 0 Å². The molecule has 0 heterocycles. The third-order valence-electron chi connectivity index (χ3n) is 1.83. The highest BCUT2D eigenvalue weighted by Gasteiger charge is 2.37. The van der Waals surface area contributed by atoms with E-state index in [0.29, 0.717) is 0 Å². The Labute approximate surface area is 111 Å². The van der Waals surface area contributed by atoms with Crippen LogP contribution in [0.2, 0.25) is 0 Å².